The maximum atomic E-state index is 11.4. The van der Waals surface area contributed by atoms with Crippen LogP contribution in [0.2, 0.25) is 0 Å². The molecular weight excluding hydrogens is 244 g/mol. The van der Waals surface area contributed by atoms with Gasteiger partial charge in [-0.3, -0.25) is 4.79 Å². The summed E-state index contributed by atoms with van der Waals surface area (Å²) in [5.74, 6) is -0.963. The lowest BCUT2D eigenvalue weighted by Crippen LogP contribution is -2.37. The summed E-state index contributed by atoms with van der Waals surface area (Å²) < 4.78 is 0. The summed E-state index contributed by atoms with van der Waals surface area (Å²) in [5.41, 5.74) is 1.27. The topological polar surface area (TPSA) is 78.4 Å². The van der Waals surface area contributed by atoms with Crippen LogP contribution >= 0.6 is 0 Å². The molecule has 1 amide bonds. The maximum absolute atomic E-state index is 11.4. The molecule has 0 fully saturated rings. The number of hydrogen-bond acceptors (Lipinski definition) is 3. The van der Waals surface area contributed by atoms with Crippen molar-refractivity contribution in [1.29, 1.82) is 0 Å². The Morgan fingerprint density at radius 3 is 2.37 bits per heavy atom. The SMILES string of the molecule is CC(C)NCC(=O)NCCc1ccc(C(=O)O)cc1. The first kappa shape index (κ1) is 15.2. The summed E-state index contributed by atoms with van der Waals surface area (Å²) >= 11 is 0. The van der Waals surface area contributed by atoms with Crippen LogP contribution < -0.4 is 10.6 Å². The molecule has 0 heterocycles. The first-order chi connectivity index (χ1) is 8.99. The molecule has 1 aromatic carbocycles. The van der Waals surface area contributed by atoms with Gasteiger partial charge in [0.1, 0.15) is 0 Å². The molecule has 0 aromatic heterocycles. The second-order valence-electron chi connectivity index (χ2n) is 4.64. The molecule has 1 aromatic rings. The van der Waals surface area contributed by atoms with Gasteiger partial charge in [-0.2, -0.15) is 0 Å². The Balaban J connectivity index is 2.29. The van der Waals surface area contributed by atoms with E-state index in [1.54, 1.807) is 24.3 Å². The van der Waals surface area contributed by atoms with E-state index in [2.05, 4.69) is 10.6 Å². The van der Waals surface area contributed by atoms with Gasteiger partial charge in [-0.1, -0.05) is 26.0 Å². The van der Waals surface area contributed by atoms with E-state index in [1.807, 2.05) is 13.8 Å². The fraction of sp³-hybridized carbons (Fsp3) is 0.429. The predicted octanol–water partition coefficient (Wildman–Crippen LogP) is 1.04. The third-order valence-corrected chi connectivity index (χ3v) is 2.61. The average molecular weight is 264 g/mol. The molecule has 0 spiro atoms. The highest BCUT2D eigenvalue weighted by Gasteiger charge is 2.03. The molecule has 0 aliphatic heterocycles. The third-order valence-electron chi connectivity index (χ3n) is 2.61. The number of aromatic carboxylic acids is 1. The number of hydrogen-bond donors (Lipinski definition) is 3. The summed E-state index contributed by atoms with van der Waals surface area (Å²) in [5, 5.41) is 14.6. The lowest BCUT2D eigenvalue weighted by Gasteiger charge is -2.09. The Bertz CT molecular complexity index is 427. The van der Waals surface area contributed by atoms with Gasteiger partial charge in [-0.15, -0.1) is 0 Å². The lowest BCUT2D eigenvalue weighted by atomic mass is 10.1. The van der Waals surface area contributed by atoms with Crippen LogP contribution in [-0.2, 0) is 11.2 Å². The van der Waals surface area contributed by atoms with Crippen LogP contribution in [0.15, 0.2) is 24.3 Å². The monoisotopic (exact) mass is 264 g/mol. The number of amides is 1. The van der Waals surface area contributed by atoms with Gasteiger partial charge in [0.05, 0.1) is 12.1 Å². The van der Waals surface area contributed by atoms with Crippen LogP contribution in [-0.4, -0.2) is 36.1 Å². The number of rotatable bonds is 7. The third kappa shape index (κ3) is 6.01. The molecule has 0 bridgehead atoms. The smallest absolute Gasteiger partial charge is 0.335 e. The van der Waals surface area contributed by atoms with E-state index in [9.17, 15) is 9.59 Å². The van der Waals surface area contributed by atoms with Gasteiger partial charge < -0.3 is 15.7 Å². The van der Waals surface area contributed by atoms with Crippen LogP contribution in [0, 0.1) is 0 Å². The zero-order valence-electron chi connectivity index (χ0n) is 11.3. The van der Waals surface area contributed by atoms with Gasteiger partial charge in [-0.25, -0.2) is 4.79 Å². The van der Waals surface area contributed by atoms with E-state index in [1.165, 1.54) is 0 Å². The molecule has 3 N–H and O–H groups in total. The molecule has 19 heavy (non-hydrogen) atoms. The van der Waals surface area contributed by atoms with Gasteiger partial charge in [-0.05, 0) is 24.1 Å². The predicted molar refractivity (Wildman–Crippen MR) is 73.3 cm³/mol. The highest BCUT2D eigenvalue weighted by atomic mass is 16.4. The van der Waals surface area contributed by atoms with E-state index in [0.717, 1.165) is 5.56 Å². The highest BCUT2D eigenvalue weighted by molar-refractivity contribution is 5.87. The number of carboxylic acid groups (broad SMARTS) is 1. The minimum atomic E-state index is -0.931. The van der Waals surface area contributed by atoms with E-state index < -0.39 is 5.97 Å². The standard InChI is InChI=1S/C14H20N2O3/c1-10(2)16-9-13(17)15-8-7-11-3-5-12(6-4-11)14(18)19/h3-6,10,16H,7-9H2,1-2H3,(H,15,17)(H,18,19). The number of carboxylic acids is 1. The molecule has 5 nitrogen and oxygen atoms in total. The first-order valence-corrected chi connectivity index (χ1v) is 6.31. The quantitative estimate of drug-likeness (QED) is 0.687. The first-order valence-electron chi connectivity index (χ1n) is 6.31. The summed E-state index contributed by atoms with van der Waals surface area (Å²) in [6.45, 7) is 4.83. The lowest BCUT2D eigenvalue weighted by molar-refractivity contribution is -0.120. The molecule has 0 aliphatic carbocycles. The van der Waals surface area contributed by atoms with Crippen LogP contribution in [0.1, 0.15) is 29.8 Å². The van der Waals surface area contributed by atoms with Crippen molar-refractivity contribution in [2.24, 2.45) is 0 Å². The Labute approximate surface area is 113 Å². The zero-order valence-corrected chi connectivity index (χ0v) is 11.3. The van der Waals surface area contributed by atoms with Gasteiger partial charge in [0.25, 0.3) is 0 Å². The number of carbonyl (C=O) groups excluding carboxylic acids is 1. The number of nitrogens with one attached hydrogen (secondary N) is 2. The Morgan fingerprint density at radius 2 is 1.84 bits per heavy atom. The zero-order chi connectivity index (χ0) is 14.3. The van der Waals surface area contributed by atoms with Crippen LogP contribution in [0.5, 0.6) is 0 Å². The van der Waals surface area contributed by atoms with Crippen molar-refractivity contribution in [3.63, 3.8) is 0 Å². The Hall–Kier alpha value is -1.88. The summed E-state index contributed by atoms with van der Waals surface area (Å²) in [6.07, 6.45) is 0.688. The molecule has 1 rings (SSSR count). The van der Waals surface area contributed by atoms with Crippen molar-refractivity contribution < 1.29 is 14.7 Å². The van der Waals surface area contributed by atoms with Gasteiger partial charge in [0.15, 0.2) is 0 Å². The van der Waals surface area contributed by atoms with E-state index in [-0.39, 0.29) is 17.5 Å². The highest BCUT2D eigenvalue weighted by Crippen LogP contribution is 2.04. The summed E-state index contributed by atoms with van der Waals surface area (Å²) in [4.78, 5) is 22.1. The molecule has 0 aliphatic rings. The summed E-state index contributed by atoms with van der Waals surface area (Å²) in [6, 6.07) is 6.96. The second kappa shape index (κ2) is 7.53. The van der Waals surface area contributed by atoms with Crippen LogP contribution in [0.4, 0.5) is 0 Å². The van der Waals surface area contributed by atoms with Crippen molar-refractivity contribution in [1.82, 2.24) is 10.6 Å². The molecule has 0 atom stereocenters. The Kier molecular flexibility index (Phi) is 6.02. The van der Waals surface area contributed by atoms with E-state index in [0.29, 0.717) is 19.5 Å². The van der Waals surface area contributed by atoms with Gasteiger partial charge >= 0.3 is 5.97 Å². The van der Waals surface area contributed by atoms with Crippen molar-refractivity contribution in [3.8, 4) is 0 Å². The molecule has 104 valence electrons. The number of benzene rings is 1. The van der Waals surface area contributed by atoms with Crippen molar-refractivity contribution in [2.75, 3.05) is 13.1 Å². The summed E-state index contributed by atoms with van der Waals surface area (Å²) in [7, 11) is 0. The van der Waals surface area contributed by atoms with Crippen molar-refractivity contribution in [2.45, 2.75) is 26.3 Å². The molecule has 5 heteroatoms. The van der Waals surface area contributed by atoms with Gasteiger partial charge in [0, 0.05) is 12.6 Å². The molecule has 0 saturated heterocycles. The fourth-order valence-corrected chi connectivity index (χ4v) is 1.52. The maximum Gasteiger partial charge on any atom is 0.335 e. The van der Waals surface area contributed by atoms with E-state index >= 15 is 0 Å². The van der Waals surface area contributed by atoms with Crippen molar-refractivity contribution in [3.05, 3.63) is 35.4 Å². The van der Waals surface area contributed by atoms with Crippen LogP contribution in [0.3, 0.4) is 0 Å². The normalized spacial score (nSPS) is 10.5. The minimum Gasteiger partial charge on any atom is -0.478 e. The average Bonchev–Trinajstić information content (AvgIpc) is 2.37. The van der Waals surface area contributed by atoms with Gasteiger partial charge in [0.2, 0.25) is 5.91 Å². The Morgan fingerprint density at radius 1 is 1.21 bits per heavy atom. The molecule has 0 unspecified atom stereocenters. The van der Waals surface area contributed by atoms with Crippen molar-refractivity contribution >= 4 is 11.9 Å². The molecule has 0 saturated carbocycles. The largest absolute Gasteiger partial charge is 0.478 e. The molecule has 0 radical (unpaired) electrons. The van der Waals surface area contributed by atoms with E-state index in [4.69, 9.17) is 5.11 Å². The molecular formula is C14H20N2O3. The van der Waals surface area contributed by atoms with Crippen LogP contribution in [0.25, 0.3) is 0 Å². The fourth-order valence-electron chi connectivity index (χ4n) is 1.52. The minimum absolute atomic E-state index is 0.0316. The number of carbonyl (C=O) groups is 2. The second-order valence-corrected chi connectivity index (χ2v) is 4.64.